The maximum atomic E-state index is 11.9. The van der Waals surface area contributed by atoms with Crippen LogP contribution < -0.4 is 5.32 Å². The van der Waals surface area contributed by atoms with Gasteiger partial charge in [0.25, 0.3) is 6.43 Å². The molecule has 1 aliphatic rings. The van der Waals surface area contributed by atoms with Crippen LogP contribution in [-0.4, -0.2) is 30.0 Å². The number of rotatable bonds is 4. The smallest absolute Gasteiger partial charge is 0.307 e. The van der Waals surface area contributed by atoms with Crippen LogP contribution in [0.1, 0.15) is 12.8 Å². The predicted octanol–water partition coefficient (Wildman–Crippen LogP) is 1.03. The summed E-state index contributed by atoms with van der Waals surface area (Å²) >= 11 is 0. The van der Waals surface area contributed by atoms with E-state index >= 15 is 0 Å². The summed E-state index contributed by atoms with van der Waals surface area (Å²) in [5, 5.41) is 10.9. The van der Waals surface area contributed by atoms with Crippen molar-refractivity contribution in [2.24, 2.45) is 11.8 Å². The molecule has 0 saturated carbocycles. The lowest BCUT2D eigenvalue weighted by molar-refractivity contribution is -0.147. The van der Waals surface area contributed by atoms with E-state index in [4.69, 9.17) is 5.11 Å². The summed E-state index contributed by atoms with van der Waals surface area (Å²) in [7, 11) is 0. The summed E-state index contributed by atoms with van der Waals surface area (Å²) in [4.78, 5) is 22.3. The molecule has 0 bridgehead atoms. The van der Waals surface area contributed by atoms with Crippen LogP contribution in [0.25, 0.3) is 0 Å². The van der Waals surface area contributed by atoms with E-state index < -0.39 is 36.7 Å². The Kier molecular flexibility index (Phi) is 4.39. The molecule has 1 amide bonds. The van der Waals surface area contributed by atoms with E-state index in [9.17, 15) is 18.4 Å². The number of carboxylic acid groups (broad SMARTS) is 1. The fraction of sp³-hybridized carbons (Fsp3) is 0.600. The third-order valence-electron chi connectivity index (χ3n) is 2.52. The van der Waals surface area contributed by atoms with Gasteiger partial charge in [-0.3, -0.25) is 9.59 Å². The van der Waals surface area contributed by atoms with E-state index in [0.29, 0.717) is 0 Å². The molecule has 4 nitrogen and oxygen atoms in total. The molecule has 0 aromatic heterocycles. The monoisotopic (exact) mass is 233 g/mol. The van der Waals surface area contributed by atoms with Gasteiger partial charge < -0.3 is 10.4 Å². The molecule has 16 heavy (non-hydrogen) atoms. The topological polar surface area (TPSA) is 66.4 Å². The maximum Gasteiger partial charge on any atom is 0.307 e. The molecular formula is C10H13F2NO3. The van der Waals surface area contributed by atoms with Crippen molar-refractivity contribution in [3.05, 3.63) is 12.2 Å². The first kappa shape index (κ1) is 12.6. The molecule has 0 aromatic rings. The number of hydrogen-bond donors (Lipinski definition) is 2. The number of allylic oxidation sites excluding steroid dienone is 2. The van der Waals surface area contributed by atoms with Gasteiger partial charge in [0.1, 0.15) is 0 Å². The Hall–Kier alpha value is -1.46. The second-order valence-corrected chi connectivity index (χ2v) is 3.63. The van der Waals surface area contributed by atoms with Crippen LogP contribution in [0.5, 0.6) is 0 Å². The van der Waals surface area contributed by atoms with E-state index in [0.717, 1.165) is 0 Å². The number of carbonyl (C=O) groups excluding carboxylic acids is 1. The van der Waals surface area contributed by atoms with Gasteiger partial charge in [0.05, 0.1) is 18.4 Å². The van der Waals surface area contributed by atoms with E-state index in [-0.39, 0.29) is 12.8 Å². The highest BCUT2D eigenvalue weighted by Gasteiger charge is 2.33. The average Bonchev–Trinajstić information content (AvgIpc) is 2.25. The van der Waals surface area contributed by atoms with Crippen molar-refractivity contribution in [3.8, 4) is 0 Å². The Morgan fingerprint density at radius 2 is 1.88 bits per heavy atom. The van der Waals surface area contributed by atoms with Crippen molar-refractivity contribution in [2.45, 2.75) is 19.3 Å². The standard InChI is InChI=1S/C10H13F2NO3/c11-8(12)5-13-9(14)6-3-1-2-4-7(6)10(15)16/h1-2,6-8H,3-5H2,(H,13,14)(H,15,16). The quantitative estimate of drug-likeness (QED) is 0.713. The zero-order valence-electron chi connectivity index (χ0n) is 8.53. The molecule has 6 heteroatoms. The zero-order chi connectivity index (χ0) is 12.1. The molecule has 2 N–H and O–H groups in total. The number of carboxylic acids is 1. The summed E-state index contributed by atoms with van der Waals surface area (Å²) in [6, 6.07) is 0. The summed E-state index contributed by atoms with van der Waals surface area (Å²) < 4.78 is 23.7. The van der Waals surface area contributed by atoms with Crippen molar-refractivity contribution in [1.82, 2.24) is 5.32 Å². The van der Waals surface area contributed by atoms with Gasteiger partial charge in [-0.15, -0.1) is 0 Å². The van der Waals surface area contributed by atoms with Crippen molar-refractivity contribution < 1.29 is 23.5 Å². The van der Waals surface area contributed by atoms with Crippen LogP contribution in [0.15, 0.2) is 12.2 Å². The lowest BCUT2D eigenvalue weighted by Crippen LogP contribution is -2.40. The summed E-state index contributed by atoms with van der Waals surface area (Å²) in [5.41, 5.74) is 0. The van der Waals surface area contributed by atoms with Crippen LogP contribution >= 0.6 is 0 Å². The van der Waals surface area contributed by atoms with Crippen molar-refractivity contribution in [3.63, 3.8) is 0 Å². The molecule has 0 radical (unpaired) electrons. The van der Waals surface area contributed by atoms with Crippen molar-refractivity contribution >= 4 is 11.9 Å². The summed E-state index contributed by atoms with van der Waals surface area (Å²) in [5.74, 6) is -3.25. The Bertz CT molecular complexity index is 304. The van der Waals surface area contributed by atoms with Gasteiger partial charge in [0, 0.05) is 0 Å². The van der Waals surface area contributed by atoms with E-state index in [1.807, 2.05) is 0 Å². The second-order valence-electron chi connectivity index (χ2n) is 3.63. The van der Waals surface area contributed by atoms with Crippen LogP contribution in [-0.2, 0) is 9.59 Å². The number of amides is 1. The Morgan fingerprint density at radius 1 is 1.31 bits per heavy atom. The average molecular weight is 233 g/mol. The largest absolute Gasteiger partial charge is 0.481 e. The Morgan fingerprint density at radius 3 is 2.38 bits per heavy atom. The van der Waals surface area contributed by atoms with Crippen molar-refractivity contribution in [1.29, 1.82) is 0 Å². The Labute approximate surface area is 91.3 Å². The summed E-state index contributed by atoms with van der Waals surface area (Å²) in [6.07, 6.45) is 1.32. The van der Waals surface area contributed by atoms with Crippen LogP contribution in [0, 0.1) is 11.8 Å². The van der Waals surface area contributed by atoms with Gasteiger partial charge in [-0.2, -0.15) is 0 Å². The molecule has 0 aliphatic heterocycles. The van der Waals surface area contributed by atoms with Gasteiger partial charge in [0.2, 0.25) is 5.91 Å². The Balaban J connectivity index is 2.58. The molecule has 2 atom stereocenters. The highest BCUT2D eigenvalue weighted by atomic mass is 19.3. The highest BCUT2D eigenvalue weighted by Crippen LogP contribution is 2.25. The minimum absolute atomic E-state index is 0.266. The first-order chi connectivity index (χ1) is 7.52. The maximum absolute atomic E-state index is 11.9. The van der Waals surface area contributed by atoms with Crippen LogP contribution in [0.4, 0.5) is 8.78 Å². The fourth-order valence-corrected chi connectivity index (χ4v) is 1.69. The number of aliphatic carboxylic acids is 1. The van der Waals surface area contributed by atoms with Gasteiger partial charge in [-0.1, -0.05) is 12.2 Å². The highest BCUT2D eigenvalue weighted by molar-refractivity contribution is 5.85. The van der Waals surface area contributed by atoms with Crippen LogP contribution in [0.3, 0.4) is 0 Å². The zero-order valence-corrected chi connectivity index (χ0v) is 8.53. The molecule has 0 fully saturated rings. The van der Waals surface area contributed by atoms with Crippen molar-refractivity contribution in [2.75, 3.05) is 6.54 Å². The third kappa shape index (κ3) is 3.29. The third-order valence-corrected chi connectivity index (χ3v) is 2.52. The molecule has 0 aromatic carbocycles. The lowest BCUT2D eigenvalue weighted by Gasteiger charge is -2.24. The molecule has 0 saturated heterocycles. The molecule has 90 valence electrons. The van der Waals surface area contributed by atoms with Gasteiger partial charge in [-0.25, -0.2) is 8.78 Å². The molecule has 2 unspecified atom stereocenters. The first-order valence-electron chi connectivity index (χ1n) is 4.96. The number of carbonyl (C=O) groups is 2. The first-order valence-corrected chi connectivity index (χ1v) is 4.96. The number of nitrogens with one attached hydrogen (secondary N) is 1. The van der Waals surface area contributed by atoms with Gasteiger partial charge >= 0.3 is 5.97 Å². The number of alkyl halides is 2. The van der Waals surface area contributed by atoms with Crippen LogP contribution in [0.2, 0.25) is 0 Å². The lowest BCUT2D eigenvalue weighted by atomic mass is 9.82. The number of hydrogen-bond acceptors (Lipinski definition) is 2. The molecule has 0 heterocycles. The molecule has 0 spiro atoms. The van der Waals surface area contributed by atoms with E-state index in [2.05, 4.69) is 5.32 Å². The molecule has 1 aliphatic carbocycles. The SMILES string of the molecule is O=C(O)C1CC=CCC1C(=O)NCC(F)F. The number of halogens is 2. The second kappa shape index (κ2) is 5.58. The normalized spacial score (nSPS) is 24.4. The minimum atomic E-state index is -2.62. The minimum Gasteiger partial charge on any atom is -0.481 e. The van der Waals surface area contributed by atoms with Gasteiger partial charge in [-0.05, 0) is 12.8 Å². The molecule has 1 rings (SSSR count). The van der Waals surface area contributed by atoms with Gasteiger partial charge in [0.15, 0.2) is 0 Å². The summed E-state index contributed by atoms with van der Waals surface area (Å²) in [6.45, 7) is -0.731. The van der Waals surface area contributed by atoms with E-state index in [1.54, 1.807) is 12.2 Å². The van der Waals surface area contributed by atoms with E-state index in [1.165, 1.54) is 0 Å². The fourth-order valence-electron chi connectivity index (χ4n) is 1.69. The predicted molar refractivity (Wildman–Crippen MR) is 52.0 cm³/mol. The molecular weight excluding hydrogens is 220 g/mol.